The summed E-state index contributed by atoms with van der Waals surface area (Å²) in [5.74, 6) is 1.31. The molecular formula is C15H23NS. The monoisotopic (exact) mass is 249 g/mol. The first-order chi connectivity index (χ1) is 8.17. The van der Waals surface area contributed by atoms with Crippen molar-refractivity contribution < 1.29 is 0 Å². The average molecular weight is 249 g/mol. The maximum absolute atomic E-state index is 3.70. The highest BCUT2D eigenvalue weighted by Gasteiger charge is 2.38. The van der Waals surface area contributed by atoms with Gasteiger partial charge in [-0.15, -0.1) is 0 Å². The SMILES string of the molecule is CCNC(c1ccccc1C)C1(C)CCCS1. The summed E-state index contributed by atoms with van der Waals surface area (Å²) >= 11 is 2.13. The van der Waals surface area contributed by atoms with E-state index in [4.69, 9.17) is 0 Å². The molecule has 1 saturated heterocycles. The summed E-state index contributed by atoms with van der Waals surface area (Å²) in [4.78, 5) is 0. The Bertz CT molecular complexity index is 369. The molecule has 0 spiro atoms. The van der Waals surface area contributed by atoms with Crippen molar-refractivity contribution in [2.45, 2.75) is 44.4 Å². The molecule has 1 aliphatic heterocycles. The third kappa shape index (κ3) is 2.69. The summed E-state index contributed by atoms with van der Waals surface area (Å²) in [6, 6.07) is 9.29. The maximum atomic E-state index is 3.70. The van der Waals surface area contributed by atoms with Gasteiger partial charge in [-0.05, 0) is 50.1 Å². The largest absolute Gasteiger partial charge is 0.309 e. The highest BCUT2D eigenvalue weighted by atomic mass is 32.2. The second kappa shape index (κ2) is 5.45. The topological polar surface area (TPSA) is 12.0 Å². The van der Waals surface area contributed by atoms with Crippen LogP contribution in [0.5, 0.6) is 0 Å². The number of rotatable bonds is 4. The van der Waals surface area contributed by atoms with Gasteiger partial charge in [-0.3, -0.25) is 0 Å². The van der Waals surface area contributed by atoms with Crippen molar-refractivity contribution in [2.75, 3.05) is 12.3 Å². The van der Waals surface area contributed by atoms with Crippen molar-refractivity contribution in [3.05, 3.63) is 35.4 Å². The van der Waals surface area contributed by atoms with Crippen LogP contribution < -0.4 is 5.32 Å². The Morgan fingerprint density at radius 2 is 2.18 bits per heavy atom. The van der Waals surface area contributed by atoms with Crippen LogP contribution in [0.4, 0.5) is 0 Å². The summed E-state index contributed by atoms with van der Waals surface area (Å²) in [7, 11) is 0. The van der Waals surface area contributed by atoms with E-state index in [1.54, 1.807) is 0 Å². The molecule has 94 valence electrons. The van der Waals surface area contributed by atoms with Crippen LogP contribution in [0, 0.1) is 6.92 Å². The summed E-state index contributed by atoms with van der Waals surface area (Å²) < 4.78 is 0.363. The van der Waals surface area contributed by atoms with Crippen LogP contribution in [-0.4, -0.2) is 17.0 Å². The lowest BCUT2D eigenvalue weighted by atomic mass is 9.88. The molecule has 1 aromatic rings. The van der Waals surface area contributed by atoms with Crippen molar-refractivity contribution in [3.8, 4) is 0 Å². The highest BCUT2D eigenvalue weighted by Crippen LogP contribution is 2.47. The molecule has 1 fully saturated rings. The number of hydrogen-bond donors (Lipinski definition) is 1. The molecule has 1 heterocycles. The summed E-state index contributed by atoms with van der Waals surface area (Å²) in [6.45, 7) is 7.89. The molecule has 0 amide bonds. The van der Waals surface area contributed by atoms with Gasteiger partial charge in [-0.1, -0.05) is 31.2 Å². The van der Waals surface area contributed by atoms with Crippen molar-refractivity contribution in [2.24, 2.45) is 0 Å². The van der Waals surface area contributed by atoms with E-state index in [1.165, 1.54) is 29.7 Å². The van der Waals surface area contributed by atoms with Crippen LogP contribution in [0.2, 0.25) is 0 Å². The van der Waals surface area contributed by atoms with Gasteiger partial charge in [-0.2, -0.15) is 11.8 Å². The molecule has 2 atom stereocenters. The van der Waals surface area contributed by atoms with Gasteiger partial charge in [-0.25, -0.2) is 0 Å². The van der Waals surface area contributed by atoms with E-state index < -0.39 is 0 Å². The van der Waals surface area contributed by atoms with Gasteiger partial charge >= 0.3 is 0 Å². The third-order valence-electron chi connectivity index (χ3n) is 3.77. The van der Waals surface area contributed by atoms with E-state index in [0.717, 1.165) is 6.54 Å². The second-order valence-electron chi connectivity index (χ2n) is 5.11. The van der Waals surface area contributed by atoms with E-state index >= 15 is 0 Å². The molecule has 0 saturated carbocycles. The van der Waals surface area contributed by atoms with Crippen LogP contribution in [0.15, 0.2) is 24.3 Å². The predicted octanol–water partition coefficient (Wildman–Crippen LogP) is 3.93. The average Bonchev–Trinajstić information content (AvgIpc) is 2.75. The Kier molecular flexibility index (Phi) is 4.16. The standard InChI is InChI=1S/C15H23NS/c1-4-16-14(15(3)10-7-11-17-15)13-9-6-5-8-12(13)2/h5-6,8-9,14,16H,4,7,10-11H2,1-3H3. The lowest BCUT2D eigenvalue weighted by Gasteiger charge is -2.35. The Morgan fingerprint density at radius 3 is 2.76 bits per heavy atom. The van der Waals surface area contributed by atoms with E-state index in [1.807, 2.05) is 0 Å². The minimum atomic E-state index is 0.363. The first-order valence-corrected chi connectivity index (χ1v) is 7.59. The Balaban J connectivity index is 2.32. The van der Waals surface area contributed by atoms with Gasteiger partial charge in [0.05, 0.1) is 0 Å². The molecule has 0 bridgehead atoms. The van der Waals surface area contributed by atoms with Crippen molar-refractivity contribution in [1.82, 2.24) is 5.32 Å². The van der Waals surface area contributed by atoms with Crippen LogP contribution >= 0.6 is 11.8 Å². The molecule has 1 aromatic carbocycles. The van der Waals surface area contributed by atoms with Crippen LogP contribution in [0.3, 0.4) is 0 Å². The molecule has 0 radical (unpaired) electrons. The van der Waals surface area contributed by atoms with E-state index in [2.05, 4.69) is 62.1 Å². The van der Waals surface area contributed by atoms with Crippen LogP contribution in [0.25, 0.3) is 0 Å². The Labute approximate surface area is 109 Å². The highest BCUT2D eigenvalue weighted by molar-refractivity contribution is 8.00. The first-order valence-electron chi connectivity index (χ1n) is 6.60. The molecule has 0 aliphatic carbocycles. The summed E-state index contributed by atoms with van der Waals surface area (Å²) in [5.41, 5.74) is 2.89. The third-order valence-corrected chi connectivity index (χ3v) is 5.36. The quantitative estimate of drug-likeness (QED) is 0.867. The number of benzene rings is 1. The number of nitrogens with one attached hydrogen (secondary N) is 1. The molecular weight excluding hydrogens is 226 g/mol. The van der Waals surface area contributed by atoms with Gasteiger partial charge in [0.1, 0.15) is 0 Å². The zero-order valence-corrected chi connectivity index (χ0v) is 11.9. The second-order valence-corrected chi connectivity index (χ2v) is 6.74. The van der Waals surface area contributed by atoms with Gasteiger partial charge in [0.2, 0.25) is 0 Å². The molecule has 2 unspecified atom stereocenters. The smallest absolute Gasteiger partial charge is 0.0469 e. The normalized spacial score (nSPS) is 26.1. The fourth-order valence-corrected chi connectivity index (χ4v) is 4.22. The van der Waals surface area contributed by atoms with Crippen molar-refractivity contribution in [3.63, 3.8) is 0 Å². The zero-order valence-electron chi connectivity index (χ0n) is 11.1. The Morgan fingerprint density at radius 1 is 1.41 bits per heavy atom. The number of hydrogen-bond acceptors (Lipinski definition) is 2. The molecule has 1 nitrogen and oxygen atoms in total. The number of thioether (sulfide) groups is 1. The lowest BCUT2D eigenvalue weighted by molar-refractivity contribution is 0.420. The molecule has 0 aromatic heterocycles. The molecule has 17 heavy (non-hydrogen) atoms. The lowest BCUT2D eigenvalue weighted by Crippen LogP contribution is -2.37. The fourth-order valence-electron chi connectivity index (χ4n) is 2.80. The minimum absolute atomic E-state index is 0.363. The van der Waals surface area contributed by atoms with Crippen molar-refractivity contribution >= 4 is 11.8 Å². The predicted molar refractivity (Wildman–Crippen MR) is 77.7 cm³/mol. The molecule has 1 N–H and O–H groups in total. The maximum Gasteiger partial charge on any atom is 0.0469 e. The zero-order chi connectivity index (χ0) is 12.3. The van der Waals surface area contributed by atoms with Gasteiger partial charge < -0.3 is 5.32 Å². The first kappa shape index (κ1) is 13.0. The van der Waals surface area contributed by atoms with Crippen molar-refractivity contribution in [1.29, 1.82) is 0 Å². The minimum Gasteiger partial charge on any atom is -0.309 e. The molecule has 1 aliphatic rings. The molecule has 2 heteroatoms. The van der Waals surface area contributed by atoms with Gasteiger partial charge in [0.25, 0.3) is 0 Å². The summed E-state index contributed by atoms with van der Waals surface area (Å²) in [5, 5.41) is 3.70. The van der Waals surface area contributed by atoms with E-state index in [0.29, 0.717) is 10.8 Å². The van der Waals surface area contributed by atoms with E-state index in [9.17, 15) is 0 Å². The van der Waals surface area contributed by atoms with Gasteiger partial charge in [0, 0.05) is 10.8 Å². The Hall–Kier alpha value is -0.470. The fraction of sp³-hybridized carbons (Fsp3) is 0.600. The van der Waals surface area contributed by atoms with Gasteiger partial charge in [0.15, 0.2) is 0 Å². The van der Waals surface area contributed by atoms with Crippen LogP contribution in [-0.2, 0) is 0 Å². The van der Waals surface area contributed by atoms with E-state index in [-0.39, 0.29) is 0 Å². The van der Waals surface area contributed by atoms with Crippen LogP contribution in [0.1, 0.15) is 43.9 Å². The number of aryl methyl sites for hydroxylation is 1. The molecule has 2 rings (SSSR count). The summed E-state index contributed by atoms with van der Waals surface area (Å²) in [6.07, 6.45) is 2.68.